The van der Waals surface area contributed by atoms with Gasteiger partial charge in [0.1, 0.15) is 36.8 Å². The number of nitrogens with one attached hydrogen (secondary N) is 1. The maximum atomic E-state index is 15.0. The Balaban J connectivity index is 1.99. The molecule has 2 aromatic carbocycles. The minimum absolute atomic E-state index is 0.00229. The number of aromatic nitrogens is 2. The van der Waals surface area contributed by atoms with Gasteiger partial charge in [0, 0.05) is 31.2 Å². The highest BCUT2D eigenvalue weighted by Crippen LogP contribution is 2.37. The third kappa shape index (κ3) is 5.97. The summed E-state index contributed by atoms with van der Waals surface area (Å²) < 4.78 is 64.9. The lowest BCUT2D eigenvalue weighted by molar-refractivity contribution is -0.0583. The lowest BCUT2D eigenvalue weighted by Gasteiger charge is -2.21. The first-order chi connectivity index (χ1) is 17.1. The van der Waals surface area contributed by atoms with Crippen LogP contribution in [0.1, 0.15) is 29.9 Å². The van der Waals surface area contributed by atoms with Crippen LogP contribution in [0.5, 0.6) is 11.5 Å². The average Bonchev–Trinajstić information content (AvgIpc) is 2.85. The SMILES string of the molecule is COCC(COc1cc2c(N[C@H](C)c3cccc(C(F)(F)CO)c3F)nc(C)nc2cc1OC)OC. The molecule has 1 heterocycles. The minimum Gasteiger partial charge on any atom is -0.493 e. The van der Waals surface area contributed by atoms with Crippen LogP contribution >= 0.6 is 0 Å². The maximum Gasteiger partial charge on any atom is 0.298 e. The lowest BCUT2D eigenvalue weighted by atomic mass is 10.00. The molecule has 196 valence electrons. The molecule has 0 amide bonds. The number of fused-ring (bicyclic) bond motifs is 1. The van der Waals surface area contributed by atoms with E-state index in [9.17, 15) is 8.78 Å². The monoisotopic (exact) mass is 509 g/mol. The first kappa shape index (κ1) is 27.4. The highest BCUT2D eigenvalue weighted by Gasteiger charge is 2.35. The van der Waals surface area contributed by atoms with Gasteiger partial charge in [-0.15, -0.1) is 0 Å². The van der Waals surface area contributed by atoms with Crippen molar-refractivity contribution in [2.75, 3.05) is 46.5 Å². The number of alkyl halides is 2. The second-order valence-electron chi connectivity index (χ2n) is 8.20. The molecule has 0 aliphatic heterocycles. The van der Waals surface area contributed by atoms with E-state index >= 15 is 4.39 Å². The molecule has 0 aliphatic rings. The fourth-order valence-corrected chi connectivity index (χ4v) is 3.72. The summed E-state index contributed by atoms with van der Waals surface area (Å²) >= 11 is 0. The number of hydrogen-bond donors (Lipinski definition) is 2. The molecular weight excluding hydrogens is 479 g/mol. The average molecular weight is 510 g/mol. The van der Waals surface area contributed by atoms with Gasteiger partial charge < -0.3 is 29.4 Å². The number of halogens is 3. The van der Waals surface area contributed by atoms with Crippen LogP contribution in [0.25, 0.3) is 10.9 Å². The Labute approximate surface area is 207 Å². The highest BCUT2D eigenvalue weighted by molar-refractivity contribution is 5.92. The van der Waals surface area contributed by atoms with Crippen LogP contribution in [-0.2, 0) is 15.4 Å². The van der Waals surface area contributed by atoms with Crippen molar-refractivity contribution in [3.05, 3.63) is 53.1 Å². The van der Waals surface area contributed by atoms with Gasteiger partial charge in [-0.1, -0.05) is 12.1 Å². The van der Waals surface area contributed by atoms with Crippen molar-refractivity contribution in [3.8, 4) is 11.5 Å². The fourth-order valence-electron chi connectivity index (χ4n) is 3.72. The molecule has 0 bridgehead atoms. The molecule has 3 aromatic rings. The molecule has 2 atom stereocenters. The predicted octanol–water partition coefficient (Wildman–Crippen LogP) is 4.38. The zero-order chi connectivity index (χ0) is 26.5. The van der Waals surface area contributed by atoms with Gasteiger partial charge in [0.05, 0.1) is 30.8 Å². The van der Waals surface area contributed by atoms with E-state index in [-0.39, 0.29) is 18.3 Å². The van der Waals surface area contributed by atoms with E-state index in [1.54, 1.807) is 40.2 Å². The summed E-state index contributed by atoms with van der Waals surface area (Å²) in [6, 6.07) is 6.31. The van der Waals surface area contributed by atoms with Gasteiger partial charge in [0.15, 0.2) is 11.5 Å². The third-order valence-electron chi connectivity index (χ3n) is 5.64. The molecule has 0 spiro atoms. The number of nitrogens with zero attached hydrogens (tertiary/aromatic N) is 2. The molecule has 36 heavy (non-hydrogen) atoms. The number of methoxy groups -OCH3 is 3. The number of ether oxygens (including phenoxy) is 4. The van der Waals surface area contributed by atoms with E-state index in [2.05, 4.69) is 15.3 Å². The Bertz CT molecular complexity index is 1200. The second kappa shape index (κ2) is 11.7. The van der Waals surface area contributed by atoms with Crippen molar-refractivity contribution < 1.29 is 37.2 Å². The quantitative estimate of drug-likeness (QED) is 0.372. The minimum atomic E-state index is -3.70. The fraction of sp³-hybridized carbons (Fsp3) is 0.440. The molecule has 0 aliphatic carbocycles. The largest absolute Gasteiger partial charge is 0.493 e. The van der Waals surface area contributed by atoms with Gasteiger partial charge in [-0.05, 0) is 26.0 Å². The zero-order valence-corrected chi connectivity index (χ0v) is 20.8. The molecule has 1 aromatic heterocycles. The Hall–Kier alpha value is -3.15. The number of aliphatic hydroxyl groups excluding tert-OH is 1. The van der Waals surface area contributed by atoms with Gasteiger partial charge >= 0.3 is 0 Å². The summed E-state index contributed by atoms with van der Waals surface area (Å²) in [5, 5.41) is 12.6. The molecule has 0 saturated carbocycles. The van der Waals surface area contributed by atoms with Gasteiger partial charge in [-0.2, -0.15) is 8.78 Å². The number of hydrogen-bond acceptors (Lipinski definition) is 8. The third-order valence-corrected chi connectivity index (χ3v) is 5.64. The molecule has 0 saturated heterocycles. The molecule has 3 rings (SSSR count). The Morgan fingerprint density at radius 1 is 1.08 bits per heavy atom. The van der Waals surface area contributed by atoms with Crippen molar-refractivity contribution in [1.82, 2.24) is 9.97 Å². The molecule has 0 radical (unpaired) electrons. The molecule has 1 unspecified atom stereocenters. The van der Waals surface area contributed by atoms with Crippen LogP contribution in [0.4, 0.5) is 19.0 Å². The standard InChI is InChI=1S/C25H30F3N3O5/c1-14(17-7-6-8-19(23(17)26)25(27,28)13-32)29-24-18-9-22(36-12-16(34-4)11-33-3)21(35-5)10-20(18)30-15(2)31-24/h6-10,14,16,32H,11-13H2,1-5H3,(H,29,30,31)/t14-,16?/m1/s1. The van der Waals surface area contributed by atoms with Crippen LogP contribution in [0.2, 0.25) is 0 Å². The Kier molecular flexibility index (Phi) is 8.93. The van der Waals surface area contributed by atoms with Crippen LogP contribution in [0, 0.1) is 12.7 Å². The van der Waals surface area contributed by atoms with Crippen molar-refractivity contribution >= 4 is 16.7 Å². The van der Waals surface area contributed by atoms with E-state index in [1.165, 1.54) is 19.2 Å². The predicted molar refractivity (Wildman–Crippen MR) is 128 cm³/mol. The van der Waals surface area contributed by atoms with Crippen LogP contribution in [0.15, 0.2) is 30.3 Å². The molecular formula is C25H30F3N3O5. The summed E-state index contributed by atoms with van der Waals surface area (Å²) in [4.78, 5) is 8.90. The van der Waals surface area contributed by atoms with E-state index in [0.29, 0.717) is 40.7 Å². The Morgan fingerprint density at radius 2 is 1.83 bits per heavy atom. The number of rotatable bonds is 12. The maximum absolute atomic E-state index is 15.0. The number of aliphatic hydroxyl groups is 1. The molecule has 8 nitrogen and oxygen atoms in total. The molecule has 2 N–H and O–H groups in total. The summed E-state index contributed by atoms with van der Waals surface area (Å²) in [5.41, 5.74) is -0.329. The van der Waals surface area contributed by atoms with Gasteiger partial charge in [0.2, 0.25) is 0 Å². The van der Waals surface area contributed by atoms with Crippen molar-refractivity contribution in [2.45, 2.75) is 31.9 Å². The summed E-state index contributed by atoms with van der Waals surface area (Å²) in [5.74, 6) is -3.16. The van der Waals surface area contributed by atoms with Crippen LogP contribution in [0.3, 0.4) is 0 Å². The number of benzene rings is 2. The van der Waals surface area contributed by atoms with E-state index in [1.807, 2.05) is 0 Å². The summed E-state index contributed by atoms with van der Waals surface area (Å²) in [6.45, 7) is 2.35. The number of aryl methyl sites for hydroxylation is 1. The molecule has 0 fully saturated rings. The smallest absolute Gasteiger partial charge is 0.298 e. The van der Waals surface area contributed by atoms with Crippen LogP contribution in [-0.4, -0.2) is 62.3 Å². The second-order valence-corrected chi connectivity index (χ2v) is 8.20. The van der Waals surface area contributed by atoms with Crippen LogP contribution < -0.4 is 14.8 Å². The van der Waals surface area contributed by atoms with E-state index in [0.717, 1.165) is 6.07 Å². The zero-order valence-electron chi connectivity index (χ0n) is 20.8. The van der Waals surface area contributed by atoms with Crippen molar-refractivity contribution in [3.63, 3.8) is 0 Å². The molecule has 11 heteroatoms. The lowest BCUT2D eigenvalue weighted by Crippen LogP contribution is -2.25. The Morgan fingerprint density at radius 3 is 2.47 bits per heavy atom. The van der Waals surface area contributed by atoms with E-state index < -0.39 is 30.0 Å². The normalized spacial score (nSPS) is 13.5. The summed E-state index contributed by atoms with van der Waals surface area (Å²) in [6.07, 6.45) is -0.311. The first-order valence-electron chi connectivity index (χ1n) is 11.2. The van der Waals surface area contributed by atoms with Gasteiger partial charge in [-0.3, -0.25) is 0 Å². The van der Waals surface area contributed by atoms with E-state index in [4.69, 9.17) is 24.1 Å². The van der Waals surface area contributed by atoms with Crippen molar-refractivity contribution in [1.29, 1.82) is 0 Å². The van der Waals surface area contributed by atoms with Gasteiger partial charge in [-0.25, -0.2) is 14.4 Å². The first-order valence-corrected chi connectivity index (χ1v) is 11.2. The van der Waals surface area contributed by atoms with Gasteiger partial charge in [0.25, 0.3) is 5.92 Å². The topological polar surface area (TPSA) is 95.0 Å². The number of anilines is 1. The van der Waals surface area contributed by atoms with Crippen molar-refractivity contribution in [2.24, 2.45) is 0 Å². The summed E-state index contributed by atoms with van der Waals surface area (Å²) in [7, 11) is 4.62. The highest BCUT2D eigenvalue weighted by atomic mass is 19.3.